The predicted molar refractivity (Wildman–Crippen MR) is 63.3 cm³/mol. The van der Waals surface area contributed by atoms with Crippen LogP contribution < -0.4 is 16.4 Å². The summed E-state index contributed by atoms with van der Waals surface area (Å²) in [5.41, 5.74) is 5.60. The molecule has 0 aliphatic carbocycles. The highest BCUT2D eigenvalue weighted by Gasteiger charge is 2.39. The normalized spacial score (nSPS) is 29.6. The molecule has 0 spiro atoms. The average Bonchev–Trinajstić information content (AvgIpc) is 2.69. The fourth-order valence-electron chi connectivity index (χ4n) is 2.23. The number of amides is 1. The van der Waals surface area contributed by atoms with E-state index in [0.29, 0.717) is 6.42 Å². The van der Waals surface area contributed by atoms with Gasteiger partial charge >= 0.3 is 5.97 Å². The van der Waals surface area contributed by atoms with Gasteiger partial charge in [-0.2, -0.15) is 0 Å². The van der Waals surface area contributed by atoms with Gasteiger partial charge in [-0.3, -0.25) is 14.9 Å². The van der Waals surface area contributed by atoms with Crippen LogP contribution in [-0.4, -0.2) is 41.7 Å². The van der Waals surface area contributed by atoms with Crippen LogP contribution in [0.25, 0.3) is 0 Å². The highest BCUT2D eigenvalue weighted by Crippen LogP contribution is 2.24. The average molecular weight is 241 g/mol. The van der Waals surface area contributed by atoms with Crippen LogP contribution in [0, 0.1) is 5.92 Å². The van der Waals surface area contributed by atoms with Crippen molar-refractivity contribution in [1.29, 1.82) is 0 Å². The number of nitrogens with two attached hydrogens (primary N) is 1. The molecular weight excluding hydrogens is 222 g/mol. The Bertz CT molecular complexity index is 319. The summed E-state index contributed by atoms with van der Waals surface area (Å²) in [6.07, 6.45) is 2.19. The van der Waals surface area contributed by atoms with Gasteiger partial charge in [0.2, 0.25) is 5.91 Å². The van der Waals surface area contributed by atoms with Crippen LogP contribution in [0.2, 0.25) is 0 Å². The lowest BCUT2D eigenvalue weighted by molar-refractivity contribution is -0.139. The van der Waals surface area contributed by atoms with Gasteiger partial charge in [0.15, 0.2) is 0 Å². The van der Waals surface area contributed by atoms with Gasteiger partial charge in [0, 0.05) is 19.5 Å². The Morgan fingerprint density at radius 3 is 2.76 bits per heavy atom. The van der Waals surface area contributed by atoms with Gasteiger partial charge in [-0.05, 0) is 12.3 Å². The van der Waals surface area contributed by atoms with Crippen LogP contribution in [0.1, 0.15) is 13.3 Å². The molecule has 1 aliphatic rings. The molecule has 17 heavy (non-hydrogen) atoms. The summed E-state index contributed by atoms with van der Waals surface area (Å²) in [6.45, 7) is 5.37. The summed E-state index contributed by atoms with van der Waals surface area (Å²) < 4.78 is 0. The zero-order valence-electron chi connectivity index (χ0n) is 9.85. The minimum atomic E-state index is -0.891. The van der Waals surface area contributed by atoms with Crippen LogP contribution in [0.5, 0.6) is 0 Å². The second-order valence-electron chi connectivity index (χ2n) is 4.26. The van der Waals surface area contributed by atoms with Crippen molar-refractivity contribution in [3.63, 3.8) is 0 Å². The minimum Gasteiger partial charge on any atom is -0.480 e. The van der Waals surface area contributed by atoms with E-state index < -0.39 is 12.0 Å². The fraction of sp³-hybridized carbons (Fsp3) is 0.636. The first-order valence-electron chi connectivity index (χ1n) is 5.58. The summed E-state index contributed by atoms with van der Waals surface area (Å²) in [7, 11) is 0. The first-order valence-corrected chi connectivity index (χ1v) is 5.58. The van der Waals surface area contributed by atoms with Crippen molar-refractivity contribution in [2.75, 3.05) is 6.54 Å². The maximum atomic E-state index is 11.0. The summed E-state index contributed by atoms with van der Waals surface area (Å²) in [4.78, 5) is 22.0. The van der Waals surface area contributed by atoms with E-state index in [4.69, 9.17) is 10.8 Å². The maximum absolute atomic E-state index is 11.0. The third kappa shape index (κ3) is 3.28. The molecular formula is C11H19N3O3. The Balaban J connectivity index is 2.75. The molecule has 4 atom stereocenters. The van der Waals surface area contributed by atoms with Crippen LogP contribution >= 0.6 is 0 Å². The van der Waals surface area contributed by atoms with Gasteiger partial charge < -0.3 is 16.2 Å². The van der Waals surface area contributed by atoms with Crippen LogP contribution in [-0.2, 0) is 9.59 Å². The SMILES string of the molecule is C=C[C@@H]1C[C@H](C(=O)O)NC1[C@H](CN)NC(C)=O. The molecule has 1 unspecified atom stereocenters. The summed E-state index contributed by atoms with van der Waals surface area (Å²) in [5.74, 6) is -1.07. The van der Waals surface area contributed by atoms with Crippen molar-refractivity contribution in [2.24, 2.45) is 11.7 Å². The lowest BCUT2D eigenvalue weighted by Gasteiger charge is -2.26. The first-order chi connectivity index (χ1) is 7.99. The molecule has 1 amide bonds. The molecule has 6 heteroatoms. The number of nitrogens with one attached hydrogen (secondary N) is 2. The molecule has 0 bridgehead atoms. The smallest absolute Gasteiger partial charge is 0.320 e. The molecule has 0 saturated carbocycles. The number of carbonyl (C=O) groups is 2. The van der Waals surface area contributed by atoms with Gasteiger partial charge in [-0.15, -0.1) is 6.58 Å². The molecule has 1 heterocycles. The molecule has 0 radical (unpaired) electrons. The Morgan fingerprint density at radius 2 is 2.35 bits per heavy atom. The standard InChI is InChI=1S/C11H19N3O3/c1-3-7-4-8(11(16)17)14-10(7)9(5-12)13-6(2)15/h3,7-10,14H,1,4-5,12H2,2H3,(H,13,15)(H,16,17)/t7-,8-,9+,10?/m1/s1. The Morgan fingerprint density at radius 1 is 1.71 bits per heavy atom. The van der Waals surface area contributed by atoms with Crippen molar-refractivity contribution < 1.29 is 14.7 Å². The van der Waals surface area contributed by atoms with Gasteiger partial charge in [0.05, 0.1) is 6.04 Å². The van der Waals surface area contributed by atoms with Gasteiger partial charge in [-0.25, -0.2) is 0 Å². The number of carbonyl (C=O) groups excluding carboxylic acids is 1. The summed E-state index contributed by atoms with van der Waals surface area (Å²) in [5, 5.41) is 14.7. The van der Waals surface area contributed by atoms with Crippen LogP contribution in [0.4, 0.5) is 0 Å². The molecule has 0 aromatic heterocycles. The first kappa shape index (κ1) is 13.7. The number of aliphatic carboxylic acids is 1. The van der Waals surface area contributed by atoms with E-state index in [-0.39, 0.29) is 30.5 Å². The molecule has 6 nitrogen and oxygen atoms in total. The van der Waals surface area contributed by atoms with Crippen molar-refractivity contribution in [3.8, 4) is 0 Å². The molecule has 1 fully saturated rings. The molecule has 96 valence electrons. The van der Waals surface area contributed by atoms with E-state index in [0.717, 1.165) is 0 Å². The van der Waals surface area contributed by atoms with Gasteiger partial charge in [0.25, 0.3) is 0 Å². The number of hydrogen-bond acceptors (Lipinski definition) is 4. The Hall–Kier alpha value is -1.40. The van der Waals surface area contributed by atoms with E-state index in [2.05, 4.69) is 17.2 Å². The molecule has 1 saturated heterocycles. The number of carboxylic acids is 1. The van der Waals surface area contributed by atoms with Crippen molar-refractivity contribution in [2.45, 2.75) is 31.5 Å². The highest BCUT2D eigenvalue weighted by molar-refractivity contribution is 5.75. The zero-order valence-corrected chi connectivity index (χ0v) is 9.85. The second kappa shape index (κ2) is 5.79. The monoisotopic (exact) mass is 241 g/mol. The van der Waals surface area contributed by atoms with E-state index in [1.807, 2.05) is 0 Å². The minimum absolute atomic E-state index is 0.00324. The molecule has 5 N–H and O–H groups in total. The maximum Gasteiger partial charge on any atom is 0.320 e. The third-order valence-corrected chi connectivity index (χ3v) is 3.04. The Labute approximate surface area is 100 Å². The van der Waals surface area contributed by atoms with E-state index in [9.17, 15) is 9.59 Å². The van der Waals surface area contributed by atoms with Crippen LogP contribution in [0.3, 0.4) is 0 Å². The molecule has 1 aliphatic heterocycles. The number of carboxylic acid groups (broad SMARTS) is 1. The second-order valence-corrected chi connectivity index (χ2v) is 4.26. The largest absolute Gasteiger partial charge is 0.480 e. The fourth-order valence-corrected chi connectivity index (χ4v) is 2.23. The molecule has 0 aromatic rings. The zero-order chi connectivity index (χ0) is 13.0. The van der Waals surface area contributed by atoms with Crippen molar-refractivity contribution in [3.05, 3.63) is 12.7 Å². The topological polar surface area (TPSA) is 104 Å². The van der Waals surface area contributed by atoms with Gasteiger partial charge in [-0.1, -0.05) is 6.08 Å². The summed E-state index contributed by atoms with van der Waals surface area (Å²) in [6, 6.07) is -1.06. The lowest BCUT2D eigenvalue weighted by atomic mass is 9.93. The lowest BCUT2D eigenvalue weighted by Crippen LogP contribution is -2.54. The van der Waals surface area contributed by atoms with Crippen molar-refractivity contribution in [1.82, 2.24) is 10.6 Å². The quantitative estimate of drug-likeness (QED) is 0.465. The Kier molecular flexibility index (Phi) is 4.65. The van der Waals surface area contributed by atoms with Crippen molar-refractivity contribution >= 4 is 11.9 Å². The number of hydrogen-bond donors (Lipinski definition) is 4. The molecule has 1 rings (SSSR count). The highest BCUT2D eigenvalue weighted by atomic mass is 16.4. The van der Waals surface area contributed by atoms with Gasteiger partial charge in [0.1, 0.15) is 6.04 Å². The molecule has 0 aromatic carbocycles. The van der Waals surface area contributed by atoms with E-state index in [1.165, 1.54) is 6.92 Å². The summed E-state index contributed by atoms with van der Waals surface area (Å²) >= 11 is 0. The van der Waals surface area contributed by atoms with E-state index in [1.54, 1.807) is 6.08 Å². The third-order valence-electron chi connectivity index (χ3n) is 3.04. The number of rotatable bonds is 5. The van der Waals surface area contributed by atoms with E-state index >= 15 is 0 Å². The van der Waals surface area contributed by atoms with Crippen LogP contribution in [0.15, 0.2) is 12.7 Å². The predicted octanol–water partition coefficient (Wildman–Crippen LogP) is -0.933.